The molecule has 1 aliphatic heterocycles. The molecule has 2 aliphatic rings. The number of rotatable bonds is 5. The van der Waals surface area contributed by atoms with Crippen molar-refractivity contribution in [2.75, 3.05) is 24.7 Å². The van der Waals surface area contributed by atoms with E-state index >= 15 is 0 Å². The number of morpholine rings is 1. The van der Waals surface area contributed by atoms with Crippen LogP contribution in [-0.4, -0.2) is 58.2 Å². The Labute approximate surface area is 200 Å². The number of hydrogen-bond acceptors (Lipinski definition) is 7. The van der Waals surface area contributed by atoms with Gasteiger partial charge in [-0.3, -0.25) is 10.1 Å². The highest BCUT2D eigenvalue weighted by atomic mass is 16.5. The molecule has 1 saturated heterocycles. The number of anilines is 1. The van der Waals surface area contributed by atoms with Crippen molar-refractivity contribution in [3.8, 4) is 17.5 Å². The zero-order chi connectivity index (χ0) is 23.7. The molecule has 34 heavy (non-hydrogen) atoms. The van der Waals surface area contributed by atoms with Crippen LogP contribution >= 0.6 is 0 Å². The smallest absolute Gasteiger partial charge is 0.130 e. The van der Waals surface area contributed by atoms with Crippen molar-refractivity contribution in [1.29, 1.82) is 5.26 Å². The summed E-state index contributed by atoms with van der Waals surface area (Å²) in [5.74, 6) is 0.877. The summed E-state index contributed by atoms with van der Waals surface area (Å²) in [6.45, 7) is 8.38. The van der Waals surface area contributed by atoms with Crippen LogP contribution in [-0.2, 0) is 14.9 Å². The predicted octanol–water partition coefficient (Wildman–Crippen LogP) is 4.37. The van der Waals surface area contributed by atoms with Gasteiger partial charge >= 0.3 is 0 Å². The number of nitriles is 1. The van der Waals surface area contributed by atoms with Crippen molar-refractivity contribution in [2.45, 2.75) is 70.1 Å². The summed E-state index contributed by atoms with van der Waals surface area (Å²) in [7, 11) is 0. The van der Waals surface area contributed by atoms with Crippen LogP contribution in [0, 0.1) is 11.3 Å². The van der Waals surface area contributed by atoms with Gasteiger partial charge in [-0.1, -0.05) is 0 Å². The van der Waals surface area contributed by atoms with Gasteiger partial charge in [-0.2, -0.15) is 10.4 Å². The summed E-state index contributed by atoms with van der Waals surface area (Å²) in [6, 6.07) is 8.98. The average Bonchev–Trinajstić information content (AvgIpc) is 3.38. The molecule has 1 atom stereocenters. The molecule has 0 amide bonds. The number of aromatic nitrogens is 4. The number of ether oxygens (including phenoxy) is 2. The number of hydrogen-bond donors (Lipinski definition) is 1. The molecule has 0 bridgehead atoms. The van der Waals surface area contributed by atoms with Gasteiger partial charge in [0, 0.05) is 24.3 Å². The molecule has 4 heterocycles. The molecule has 0 unspecified atom stereocenters. The van der Waals surface area contributed by atoms with Gasteiger partial charge in [0.25, 0.3) is 0 Å². The fraction of sp³-hybridized carbons (Fsp3) is 0.538. The Bertz CT molecular complexity index is 1180. The Balaban J connectivity index is 1.66. The van der Waals surface area contributed by atoms with E-state index in [1.807, 2.05) is 12.1 Å². The minimum atomic E-state index is -0.588. The predicted molar refractivity (Wildman–Crippen MR) is 131 cm³/mol. The number of pyridine rings is 2. The molecular weight excluding hydrogens is 428 g/mol. The van der Waals surface area contributed by atoms with Crippen LogP contribution in [0.3, 0.4) is 0 Å². The maximum Gasteiger partial charge on any atom is 0.130 e. The maximum absolute atomic E-state index is 10.6. The molecule has 5 rings (SSSR count). The Hall–Kier alpha value is -3.02. The van der Waals surface area contributed by atoms with Crippen molar-refractivity contribution in [2.24, 2.45) is 0 Å². The van der Waals surface area contributed by atoms with E-state index in [0.717, 1.165) is 65.9 Å². The number of fused-ring (bicyclic) bond motifs is 1. The van der Waals surface area contributed by atoms with E-state index in [-0.39, 0.29) is 18.2 Å². The third kappa shape index (κ3) is 4.15. The lowest BCUT2D eigenvalue weighted by Crippen LogP contribution is -2.44. The number of nitrogens with one attached hydrogen (secondary N) is 1. The Morgan fingerprint density at radius 1 is 1.26 bits per heavy atom. The standard InChI is InChI=1S/C26H32N6O2/c1-17(2)34-19-4-8-26(16-27,9-5-19)21-14-23(32-12-13-33-15-18(32)3)30-24-20(21)6-10-28-25(24)22-7-11-29-31-22/h6-7,10-11,14,17-19H,4-5,8-9,12-13,15H2,1-3H3,(H,29,31)/t18-,19?,26?/m1/s1. The van der Waals surface area contributed by atoms with Gasteiger partial charge < -0.3 is 14.4 Å². The molecule has 3 aromatic rings. The molecule has 3 aromatic heterocycles. The largest absolute Gasteiger partial charge is 0.377 e. The van der Waals surface area contributed by atoms with Gasteiger partial charge in [-0.25, -0.2) is 4.98 Å². The topological polar surface area (TPSA) is 100.0 Å². The van der Waals surface area contributed by atoms with Crippen LogP contribution < -0.4 is 4.90 Å². The summed E-state index contributed by atoms with van der Waals surface area (Å²) < 4.78 is 11.8. The van der Waals surface area contributed by atoms with Gasteiger partial charge in [-0.15, -0.1) is 0 Å². The molecule has 0 spiro atoms. The normalized spacial score (nSPS) is 25.6. The summed E-state index contributed by atoms with van der Waals surface area (Å²) in [4.78, 5) is 12.0. The highest BCUT2D eigenvalue weighted by molar-refractivity contribution is 5.94. The highest BCUT2D eigenvalue weighted by Crippen LogP contribution is 2.44. The van der Waals surface area contributed by atoms with Crippen LogP contribution in [0.15, 0.2) is 30.6 Å². The van der Waals surface area contributed by atoms with E-state index in [2.05, 4.69) is 53.0 Å². The Kier molecular flexibility index (Phi) is 6.24. The summed E-state index contributed by atoms with van der Waals surface area (Å²) in [5.41, 5.74) is 2.82. The molecule has 1 saturated carbocycles. The molecule has 2 fully saturated rings. The average molecular weight is 461 g/mol. The molecule has 8 nitrogen and oxygen atoms in total. The van der Waals surface area contributed by atoms with Crippen molar-refractivity contribution < 1.29 is 9.47 Å². The summed E-state index contributed by atoms with van der Waals surface area (Å²) in [5, 5.41) is 18.7. The van der Waals surface area contributed by atoms with Crippen LogP contribution in [0.1, 0.15) is 52.0 Å². The lowest BCUT2D eigenvalue weighted by Gasteiger charge is -2.38. The van der Waals surface area contributed by atoms with Gasteiger partial charge in [0.1, 0.15) is 17.0 Å². The van der Waals surface area contributed by atoms with Crippen molar-refractivity contribution in [3.05, 3.63) is 36.2 Å². The minimum absolute atomic E-state index is 0.193. The number of aromatic amines is 1. The first-order valence-corrected chi connectivity index (χ1v) is 12.2. The van der Waals surface area contributed by atoms with Gasteiger partial charge in [-0.05, 0) is 70.2 Å². The lowest BCUT2D eigenvalue weighted by molar-refractivity contribution is -0.0192. The van der Waals surface area contributed by atoms with E-state index < -0.39 is 5.41 Å². The van der Waals surface area contributed by atoms with Gasteiger partial charge in [0.15, 0.2) is 0 Å². The van der Waals surface area contributed by atoms with Crippen molar-refractivity contribution >= 4 is 16.7 Å². The monoisotopic (exact) mass is 460 g/mol. The Morgan fingerprint density at radius 3 is 2.76 bits per heavy atom. The van der Waals surface area contributed by atoms with Gasteiger partial charge in [0.05, 0.1) is 48.6 Å². The van der Waals surface area contributed by atoms with E-state index in [0.29, 0.717) is 13.2 Å². The third-order valence-corrected chi connectivity index (χ3v) is 7.11. The molecular formula is C26H32N6O2. The fourth-order valence-corrected chi connectivity index (χ4v) is 5.38. The quantitative estimate of drug-likeness (QED) is 0.603. The van der Waals surface area contributed by atoms with Crippen LogP contribution in [0.2, 0.25) is 0 Å². The second kappa shape index (κ2) is 9.32. The van der Waals surface area contributed by atoms with Crippen LogP contribution in [0.4, 0.5) is 5.82 Å². The zero-order valence-corrected chi connectivity index (χ0v) is 20.1. The molecule has 178 valence electrons. The van der Waals surface area contributed by atoms with E-state index in [9.17, 15) is 5.26 Å². The molecule has 1 aliphatic carbocycles. The third-order valence-electron chi connectivity index (χ3n) is 7.11. The maximum atomic E-state index is 10.6. The van der Waals surface area contributed by atoms with Gasteiger partial charge in [0.2, 0.25) is 0 Å². The minimum Gasteiger partial charge on any atom is -0.377 e. The van der Waals surface area contributed by atoms with Crippen molar-refractivity contribution in [1.82, 2.24) is 20.2 Å². The highest BCUT2D eigenvalue weighted by Gasteiger charge is 2.40. The first-order valence-electron chi connectivity index (χ1n) is 12.2. The second-order valence-electron chi connectivity index (χ2n) is 9.75. The van der Waals surface area contributed by atoms with Crippen LogP contribution in [0.25, 0.3) is 22.3 Å². The SMILES string of the molecule is CC(C)OC1CCC(C#N)(c2cc(N3CCOC[C@H]3C)nc3c(-c4ccn[nH]4)nccc23)CC1. The van der Waals surface area contributed by atoms with E-state index in [1.165, 1.54) is 0 Å². The lowest BCUT2D eigenvalue weighted by atomic mass is 9.69. The van der Waals surface area contributed by atoms with E-state index in [4.69, 9.17) is 14.5 Å². The zero-order valence-electron chi connectivity index (χ0n) is 20.1. The molecule has 1 N–H and O–H groups in total. The number of H-pyrrole nitrogens is 1. The summed E-state index contributed by atoms with van der Waals surface area (Å²) in [6.07, 6.45) is 7.19. The molecule has 0 aromatic carbocycles. The fourth-order valence-electron chi connectivity index (χ4n) is 5.38. The molecule has 8 heteroatoms. The Morgan fingerprint density at radius 2 is 2.09 bits per heavy atom. The van der Waals surface area contributed by atoms with Crippen LogP contribution in [0.5, 0.6) is 0 Å². The van der Waals surface area contributed by atoms with Crippen molar-refractivity contribution in [3.63, 3.8) is 0 Å². The van der Waals surface area contributed by atoms with E-state index in [1.54, 1.807) is 12.4 Å². The second-order valence-corrected chi connectivity index (χ2v) is 9.75. The molecule has 0 radical (unpaired) electrons. The first kappa shape index (κ1) is 22.8. The summed E-state index contributed by atoms with van der Waals surface area (Å²) >= 11 is 0. The first-order chi connectivity index (χ1) is 16.5. The number of nitrogens with zero attached hydrogens (tertiary/aromatic N) is 5.